The molecule has 3 aromatic rings. The van der Waals surface area contributed by atoms with Crippen molar-refractivity contribution < 1.29 is 33.2 Å². The van der Waals surface area contributed by atoms with Crippen molar-refractivity contribution in [2.45, 2.75) is 53.0 Å². The molecule has 0 aromatic heterocycles. The number of hydrogen-bond donors (Lipinski definition) is 0. The third-order valence-corrected chi connectivity index (χ3v) is 8.25. The number of nitrogens with zero attached hydrogens (tertiary/aromatic N) is 2. The Morgan fingerprint density at radius 2 is 1.60 bits per heavy atom. The molecule has 2 atom stereocenters. The number of amides is 1. The molecule has 5 rings (SSSR count). The first-order chi connectivity index (χ1) is 21.6. The maximum atomic E-state index is 13.2. The van der Waals surface area contributed by atoms with Crippen molar-refractivity contribution in [2.24, 2.45) is 16.3 Å². The third-order valence-electron chi connectivity index (χ3n) is 8.25. The molecule has 9 heteroatoms. The van der Waals surface area contributed by atoms with Crippen LogP contribution < -0.4 is 28.4 Å². The van der Waals surface area contributed by atoms with Crippen LogP contribution in [-0.2, 0) is 0 Å². The van der Waals surface area contributed by atoms with Gasteiger partial charge in [0.15, 0.2) is 23.0 Å². The fourth-order valence-corrected chi connectivity index (χ4v) is 5.98. The highest BCUT2D eigenvalue weighted by atomic mass is 16.5. The Labute approximate surface area is 266 Å². The number of fused-ring (bicyclic) bond motifs is 2. The van der Waals surface area contributed by atoms with Gasteiger partial charge in [-0.05, 0) is 67.3 Å². The molecule has 1 saturated heterocycles. The maximum Gasteiger partial charge on any atom is 0.256 e. The minimum absolute atomic E-state index is 0.00257. The Morgan fingerprint density at radius 1 is 0.889 bits per heavy atom. The van der Waals surface area contributed by atoms with Crippen LogP contribution in [0.25, 0.3) is 0 Å². The molecule has 2 heterocycles. The van der Waals surface area contributed by atoms with Crippen molar-refractivity contribution in [3.63, 3.8) is 0 Å². The Hall–Kier alpha value is -4.40. The number of methoxy groups -OCH3 is 3. The summed E-state index contributed by atoms with van der Waals surface area (Å²) in [6.45, 7) is 10.3. The Bertz CT molecular complexity index is 1550. The SMILES string of the molecule is COc1ccc(Oc2cc(OCC(C)CC(C)(C)COc3cc4c(cc3OC)C(=O)N3CCCC3C=N4)ccc2C)cc1OC. The number of ether oxygens (including phenoxy) is 6. The molecule has 1 fully saturated rings. The Morgan fingerprint density at radius 3 is 2.36 bits per heavy atom. The molecule has 0 N–H and O–H groups in total. The van der Waals surface area contributed by atoms with Gasteiger partial charge in [-0.1, -0.05) is 26.8 Å². The molecular weight excluding hydrogens is 572 g/mol. The normalized spacial score (nSPS) is 16.4. The second-order valence-electron chi connectivity index (χ2n) is 12.6. The van der Waals surface area contributed by atoms with Gasteiger partial charge in [-0.3, -0.25) is 9.79 Å². The van der Waals surface area contributed by atoms with E-state index in [2.05, 4.69) is 25.8 Å². The number of hydrogen-bond acceptors (Lipinski definition) is 8. The maximum absolute atomic E-state index is 13.2. The summed E-state index contributed by atoms with van der Waals surface area (Å²) in [6, 6.07) is 15.0. The first-order valence-electron chi connectivity index (χ1n) is 15.4. The molecule has 2 aliphatic rings. The highest BCUT2D eigenvalue weighted by Crippen LogP contribution is 2.40. The summed E-state index contributed by atoms with van der Waals surface area (Å²) in [5.74, 6) is 4.71. The highest BCUT2D eigenvalue weighted by molar-refractivity contribution is 6.03. The van der Waals surface area contributed by atoms with E-state index < -0.39 is 0 Å². The minimum atomic E-state index is -0.155. The summed E-state index contributed by atoms with van der Waals surface area (Å²) < 4.78 is 35.1. The number of rotatable bonds is 13. The van der Waals surface area contributed by atoms with Gasteiger partial charge in [0.25, 0.3) is 5.91 Å². The second-order valence-corrected chi connectivity index (χ2v) is 12.6. The second kappa shape index (κ2) is 13.7. The lowest BCUT2D eigenvalue weighted by Gasteiger charge is -2.28. The molecule has 2 aliphatic heterocycles. The zero-order chi connectivity index (χ0) is 32.1. The van der Waals surface area contributed by atoms with E-state index in [1.165, 1.54) is 0 Å². The van der Waals surface area contributed by atoms with Crippen LogP contribution in [0.5, 0.6) is 40.2 Å². The topological polar surface area (TPSA) is 88.1 Å². The van der Waals surface area contributed by atoms with Gasteiger partial charge in [0, 0.05) is 31.0 Å². The zero-order valence-corrected chi connectivity index (χ0v) is 27.3. The van der Waals surface area contributed by atoms with E-state index in [9.17, 15) is 4.79 Å². The fraction of sp³-hybridized carbons (Fsp3) is 0.444. The number of aliphatic imine (C=N–C) groups is 1. The van der Waals surface area contributed by atoms with Gasteiger partial charge in [0.1, 0.15) is 17.2 Å². The number of carbonyl (C=O) groups excluding carboxylic acids is 1. The summed E-state index contributed by atoms with van der Waals surface area (Å²) in [4.78, 5) is 19.7. The quantitative estimate of drug-likeness (QED) is 0.195. The highest BCUT2D eigenvalue weighted by Gasteiger charge is 2.33. The molecule has 9 nitrogen and oxygen atoms in total. The van der Waals surface area contributed by atoms with Crippen LogP contribution in [0.3, 0.4) is 0 Å². The van der Waals surface area contributed by atoms with Gasteiger partial charge in [0.05, 0.1) is 51.8 Å². The molecular formula is C36H44N2O7. The smallest absolute Gasteiger partial charge is 0.256 e. The molecule has 0 aliphatic carbocycles. The monoisotopic (exact) mass is 616 g/mol. The number of benzene rings is 3. The van der Waals surface area contributed by atoms with Crippen molar-refractivity contribution in [1.29, 1.82) is 0 Å². The fourth-order valence-electron chi connectivity index (χ4n) is 5.98. The Balaban J connectivity index is 1.18. The zero-order valence-electron chi connectivity index (χ0n) is 27.3. The molecule has 3 aromatic carbocycles. The molecule has 1 amide bonds. The van der Waals surface area contributed by atoms with E-state index in [1.54, 1.807) is 33.5 Å². The van der Waals surface area contributed by atoms with Crippen LogP contribution in [0, 0.1) is 18.3 Å². The van der Waals surface area contributed by atoms with E-state index in [0.717, 1.165) is 37.1 Å². The molecule has 0 bridgehead atoms. The molecule has 240 valence electrons. The molecule has 0 spiro atoms. The lowest BCUT2D eigenvalue weighted by molar-refractivity contribution is 0.0774. The summed E-state index contributed by atoms with van der Waals surface area (Å²) in [6.07, 6.45) is 4.69. The average Bonchev–Trinajstić information content (AvgIpc) is 3.46. The van der Waals surface area contributed by atoms with Gasteiger partial charge in [-0.25, -0.2) is 0 Å². The van der Waals surface area contributed by atoms with Crippen LogP contribution in [0.1, 0.15) is 56.0 Å². The minimum Gasteiger partial charge on any atom is -0.493 e. The van der Waals surface area contributed by atoms with Crippen molar-refractivity contribution in [3.05, 3.63) is 59.7 Å². The third kappa shape index (κ3) is 7.47. The number of aryl methyl sites for hydroxylation is 1. The van der Waals surface area contributed by atoms with Crippen LogP contribution in [-0.4, -0.2) is 64.2 Å². The van der Waals surface area contributed by atoms with Crippen LogP contribution in [0.2, 0.25) is 0 Å². The standard InChI is InChI=1S/C36H44N2O7/c1-23(21-43-26-11-10-24(2)31(15-26)45-27-12-13-30(40-5)32(16-27)41-6)19-36(3,4)22-44-34-18-29-28(17-33(34)42-7)35(39)38-14-8-9-25(38)20-37-29/h10-13,15-18,20,23,25H,8-9,14,19,21-22H2,1-7H3. The van der Waals surface area contributed by atoms with Gasteiger partial charge in [-0.15, -0.1) is 0 Å². The molecule has 0 radical (unpaired) electrons. The lowest BCUT2D eigenvalue weighted by Crippen LogP contribution is -2.35. The van der Waals surface area contributed by atoms with Crippen molar-refractivity contribution in [1.82, 2.24) is 4.90 Å². The van der Waals surface area contributed by atoms with Crippen molar-refractivity contribution >= 4 is 17.8 Å². The summed E-state index contributed by atoms with van der Waals surface area (Å²) in [7, 11) is 4.80. The van der Waals surface area contributed by atoms with E-state index >= 15 is 0 Å². The summed E-state index contributed by atoms with van der Waals surface area (Å²) in [5, 5.41) is 0. The van der Waals surface area contributed by atoms with E-state index in [1.807, 2.05) is 54.4 Å². The molecule has 0 saturated carbocycles. The van der Waals surface area contributed by atoms with Gasteiger partial charge in [-0.2, -0.15) is 0 Å². The average molecular weight is 617 g/mol. The lowest BCUT2D eigenvalue weighted by atomic mass is 9.84. The van der Waals surface area contributed by atoms with E-state index in [-0.39, 0.29) is 23.3 Å². The van der Waals surface area contributed by atoms with E-state index in [0.29, 0.717) is 59.0 Å². The Kier molecular flexibility index (Phi) is 9.75. The van der Waals surface area contributed by atoms with Crippen LogP contribution >= 0.6 is 0 Å². The van der Waals surface area contributed by atoms with Gasteiger partial charge in [0.2, 0.25) is 0 Å². The first kappa shape index (κ1) is 32.0. The van der Waals surface area contributed by atoms with Crippen molar-refractivity contribution in [2.75, 3.05) is 41.1 Å². The van der Waals surface area contributed by atoms with Crippen LogP contribution in [0.15, 0.2) is 53.5 Å². The van der Waals surface area contributed by atoms with Crippen molar-refractivity contribution in [3.8, 4) is 40.2 Å². The van der Waals surface area contributed by atoms with E-state index in [4.69, 9.17) is 28.4 Å². The number of carbonyl (C=O) groups is 1. The summed E-state index contributed by atoms with van der Waals surface area (Å²) in [5.41, 5.74) is 2.01. The predicted octanol–water partition coefficient (Wildman–Crippen LogP) is 7.64. The molecule has 45 heavy (non-hydrogen) atoms. The van der Waals surface area contributed by atoms with Gasteiger partial charge < -0.3 is 33.3 Å². The van der Waals surface area contributed by atoms with Crippen LogP contribution in [0.4, 0.5) is 5.69 Å². The van der Waals surface area contributed by atoms with Gasteiger partial charge >= 0.3 is 0 Å². The predicted molar refractivity (Wildman–Crippen MR) is 175 cm³/mol. The molecule has 2 unspecified atom stereocenters. The largest absolute Gasteiger partial charge is 0.493 e. The first-order valence-corrected chi connectivity index (χ1v) is 15.4. The summed E-state index contributed by atoms with van der Waals surface area (Å²) >= 11 is 0.